The Balaban J connectivity index is 0.000000291. The van der Waals surface area contributed by atoms with Crippen molar-refractivity contribution in [1.29, 1.82) is 10.8 Å². The molecular formula is C38H59F2N4O2P. The number of carbonyl (C=O) groups excluding carboxylic acids is 1. The van der Waals surface area contributed by atoms with Crippen molar-refractivity contribution < 1.29 is 18.3 Å². The molecule has 5 rings (SSSR count). The van der Waals surface area contributed by atoms with Crippen molar-refractivity contribution in [3.63, 3.8) is 0 Å². The smallest absolute Gasteiger partial charge is 0.284 e. The van der Waals surface area contributed by atoms with Crippen LogP contribution in [-0.4, -0.2) is 42.5 Å². The van der Waals surface area contributed by atoms with Gasteiger partial charge in [-0.1, -0.05) is 50.3 Å². The third-order valence-electron chi connectivity index (χ3n) is 8.87. The molecule has 2 aromatic rings. The zero-order valence-corrected chi connectivity index (χ0v) is 30.9. The summed E-state index contributed by atoms with van der Waals surface area (Å²) < 4.78 is 33.3. The minimum atomic E-state index is -3.02. The molecule has 0 radical (unpaired) electrons. The van der Waals surface area contributed by atoms with Gasteiger partial charge in [0.25, 0.3) is 5.66 Å². The fraction of sp³-hybridized carbons (Fsp3) is 0.632. The van der Waals surface area contributed by atoms with Crippen LogP contribution in [0.1, 0.15) is 142 Å². The summed E-state index contributed by atoms with van der Waals surface area (Å²) in [5, 5.41) is 17.7. The summed E-state index contributed by atoms with van der Waals surface area (Å²) in [5.41, 5.74) is 3.08. The second kappa shape index (κ2) is 20.2. The first-order valence-corrected chi connectivity index (χ1v) is 18.2. The van der Waals surface area contributed by atoms with Gasteiger partial charge in [-0.15, -0.1) is 0 Å². The number of halogens is 2. The minimum absolute atomic E-state index is 0.0373. The molecule has 1 aliphatic heterocycles. The van der Waals surface area contributed by atoms with E-state index in [1.165, 1.54) is 49.6 Å². The molecule has 1 aromatic carbocycles. The minimum Gasteiger partial charge on any atom is -0.381 e. The lowest BCUT2D eigenvalue weighted by Gasteiger charge is -2.34. The first-order valence-electron chi connectivity index (χ1n) is 17.6. The van der Waals surface area contributed by atoms with E-state index < -0.39 is 5.66 Å². The number of ether oxygens (including phenoxy) is 1. The maximum Gasteiger partial charge on any atom is 0.284 e. The van der Waals surface area contributed by atoms with E-state index in [2.05, 4.69) is 36.3 Å². The summed E-state index contributed by atoms with van der Waals surface area (Å²) in [6.07, 6.45) is 9.16. The summed E-state index contributed by atoms with van der Waals surface area (Å²) in [4.78, 5) is 16.9. The zero-order valence-electron chi connectivity index (χ0n) is 29.8. The van der Waals surface area contributed by atoms with E-state index in [0.717, 1.165) is 43.1 Å². The molecule has 262 valence electrons. The maximum atomic E-state index is 14.0. The predicted molar refractivity (Wildman–Crippen MR) is 195 cm³/mol. The number of rotatable bonds is 13. The highest BCUT2D eigenvalue weighted by molar-refractivity contribution is 7.17. The van der Waals surface area contributed by atoms with E-state index in [-0.39, 0.29) is 17.3 Å². The number of benzene rings is 1. The Kier molecular flexibility index (Phi) is 17.5. The molecule has 3 aliphatic rings. The van der Waals surface area contributed by atoms with E-state index in [1.807, 2.05) is 20.8 Å². The molecule has 9 heteroatoms. The SMILES string of the molecule is CC.CC=N.CCC(=N)C(c1cc(C)nc(C2CC2)c1)C1COC1.CCC(=O)c1cc(CNCC2CCC2)cc(C(F)(F)P)c1CC. The third kappa shape index (κ3) is 12.2. The summed E-state index contributed by atoms with van der Waals surface area (Å²) in [6.45, 7) is 16.4. The molecule has 2 heterocycles. The Morgan fingerprint density at radius 1 is 1.11 bits per heavy atom. The van der Waals surface area contributed by atoms with Crippen LogP contribution in [0.2, 0.25) is 0 Å². The number of Topliss-reactive ketones (excluding diaryl/α,β-unsaturated/α-hetero) is 1. The highest BCUT2D eigenvalue weighted by Gasteiger charge is 2.34. The average Bonchev–Trinajstić information content (AvgIpc) is 3.86. The lowest BCUT2D eigenvalue weighted by atomic mass is 9.80. The molecule has 2 atom stereocenters. The van der Waals surface area contributed by atoms with E-state index >= 15 is 0 Å². The Morgan fingerprint density at radius 2 is 1.74 bits per heavy atom. The van der Waals surface area contributed by atoms with Crippen LogP contribution in [0.3, 0.4) is 0 Å². The second-order valence-electron chi connectivity index (χ2n) is 12.5. The molecule has 2 unspecified atom stereocenters. The lowest BCUT2D eigenvalue weighted by molar-refractivity contribution is -0.0359. The molecule has 2 aliphatic carbocycles. The van der Waals surface area contributed by atoms with E-state index in [4.69, 9.17) is 15.6 Å². The van der Waals surface area contributed by atoms with Gasteiger partial charge in [-0.25, -0.2) is 0 Å². The molecule has 0 spiro atoms. The number of aromatic nitrogens is 1. The Bertz CT molecular complexity index is 1300. The van der Waals surface area contributed by atoms with E-state index in [0.29, 0.717) is 48.3 Å². The Labute approximate surface area is 284 Å². The van der Waals surface area contributed by atoms with Crippen LogP contribution in [0, 0.1) is 29.6 Å². The number of nitrogens with zero attached hydrogens (tertiary/aromatic N) is 1. The third-order valence-corrected chi connectivity index (χ3v) is 9.18. The number of pyridine rings is 1. The summed E-state index contributed by atoms with van der Waals surface area (Å²) in [6, 6.07) is 7.75. The molecule has 1 saturated heterocycles. The molecule has 1 aromatic heterocycles. The number of aryl methyl sites for hydroxylation is 1. The maximum absolute atomic E-state index is 14.0. The molecule has 0 bridgehead atoms. The zero-order chi connectivity index (χ0) is 35.1. The normalized spacial score (nSPS) is 16.5. The van der Waals surface area contributed by atoms with Gasteiger partial charge in [0.15, 0.2) is 5.78 Å². The largest absolute Gasteiger partial charge is 0.381 e. The first kappa shape index (κ1) is 40.8. The highest BCUT2D eigenvalue weighted by Crippen LogP contribution is 2.42. The van der Waals surface area contributed by atoms with Gasteiger partial charge in [-0.3, -0.25) is 9.78 Å². The number of carbonyl (C=O) groups is 1. The van der Waals surface area contributed by atoms with Gasteiger partial charge >= 0.3 is 0 Å². The number of nitrogens with one attached hydrogen (secondary N) is 3. The fourth-order valence-electron chi connectivity index (χ4n) is 5.98. The molecular weight excluding hydrogens is 613 g/mol. The average molecular weight is 673 g/mol. The van der Waals surface area contributed by atoms with Crippen molar-refractivity contribution in [2.45, 2.75) is 124 Å². The molecule has 0 amide bonds. The Morgan fingerprint density at radius 3 is 2.19 bits per heavy atom. The molecule has 3 N–H and O–H groups in total. The van der Waals surface area contributed by atoms with Crippen LogP contribution < -0.4 is 5.32 Å². The topological polar surface area (TPSA) is 98.9 Å². The van der Waals surface area contributed by atoms with Crippen molar-refractivity contribution in [2.24, 2.45) is 11.8 Å². The van der Waals surface area contributed by atoms with Crippen molar-refractivity contribution >= 4 is 26.9 Å². The molecule has 6 nitrogen and oxygen atoms in total. The van der Waals surface area contributed by atoms with E-state index in [9.17, 15) is 13.6 Å². The second-order valence-corrected chi connectivity index (χ2v) is 13.3. The van der Waals surface area contributed by atoms with Crippen molar-refractivity contribution in [3.8, 4) is 0 Å². The number of alkyl halides is 2. The lowest BCUT2D eigenvalue weighted by Crippen LogP contribution is -2.36. The number of ketones is 1. The quantitative estimate of drug-likeness (QED) is 0.112. The van der Waals surface area contributed by atoms with Crippen LogP contribution >= 0.6 is 9.24 Å². The van der Waals surface area contributed by atoms with Gasteiger partial charge in [-0.2, -0.15) is 8.78 Å². The number of hydrogen-bond donors (Lipinski definition) is 3. The predicted octanol–water partition coefficient (Wildman–Crippen LogP) is 9.77. The van der Waals surface area contributed by atoms with Crippen molar-refractivity contribution in [1.82, 2.24) is 10.3 Å². The Hall–Kier alpha value is -2.41. The van der Waals surface area contributed by atoms with Crippen molar-refractivity contribution in [2.75, 3.05) is 19.8 Å². The van der Waals surface area contributed by atoms with Gasteiger partial charge in [0.05, 0.1) is 13.2 Å². The molecule has 3 fully saturated rings. The summed E-state index contributed by atoms with van der Waals surface area (Å²) in [5.74, 6) is 2.04. The van der Waals surface area contributed by atoms with E-state index in [1.54, 1.807) is 35.2 Å². The van der Waals surface area contributed by atoms with Crippen molar-refractivity contribution in [3.05, 3.63) is 63.5 Å². The fourth-order valence-corrected chi connectivity index (χ4v) is 6.24. The monoisotopic (exact) mass is 672 g/mol. The standard InChI is InChI=1S/C18H26F2NOP.C16H22N2O.C2H5N.C2H6/c1-3-14-15(17(22)4-2)8-13(9-16(14)18(19,20)23)11-21-10-12-6-5-7-12;1-3-14(17)16(13-8-19-9-13)12-6-10(2)18-15(7-12)11-4-5-11;1-2-3;1-2/h8-9,12,21H,3-7,10-11,23H2,1-2H3;6-7,11,13,16-17H,3-5,8-9H2,1-2H3;2-3H,1H3;1-2H3. The molecule has 2 saturated carbocycles. The number of hydrogen-bond acceptors (Lipinski definition) is 6. The van der Waals surface area contributed by atoms with Crippen LogP contribution in [-0.2, 0) is 23.4 Å². The molecule has 47 heavy (non-hydrogen) atoms. The van der Waals surface area contributed by atoms with Crippen LogP contribution in [0.4, 0.5) is 8.78 Å². The highest BCUT2D eigenvalue weighted by atomic mass is 31.0. The van der Waals surface area contributed by atoms with Gasteiger partial charge in [0.2, 0.25) is 0 Å². The van der Waals surface area contributed by atoms with Gasteiger partial charge in [-0.05, 0) is 112 Å². The first-order chi connectivity index (χ1) is 22.5. The summed E-state index contributed by atoms with van der Waals surface area (Å²) >= 11 is 0. The van der Waals surface area contributed by atoms with Gasteiger partial charge in [0, 0.05) is 58.9 Å². The van der Waals surface area contributed by atoms with Gasteiger partial charge in [0.1, 0.15) is 0 Å². The van der Waals surface area contributed by atoms with Crippen LogP contribution in [0.15, 0.2) is 24.3 Å². The van der Waals surface area contributed by atoms with Crippen LogP contribution in [0.25, 0.3) is 0 Å². The van der Waals surface area contributed by atoms with Crippen LogP contribution in [0.5, 0.6) is 0 Å². The van der Waals surface area contributed by atoms with Gasteiger partial charge < -0.3 is 20.9 Å². The summed E-state index contributed by atoms with van der Waals surface area (Å²) in [7, 11) is 1.60.